The lowest BCUT2D eigenvalue weighted by molar-refractivity contribution is 0.493. The van der Waals surface area contributed by atoms with Crippen LogP contribution in [0, 0.1) is 28.8 Å². The molecule has 0 saturated heterocycles. The lowest BCUT2D eigenvalue weighted by atomic mass is 10.2. The van der Waals surface area contributed by atoms with Crippen molar-refractivity contribution >= 4 is 5.69 Å². The molecule has 0 spiro atoms. The molecule has 0 atom stereocenters. The standard InChI is InChI=1S/C7H3F3N2/c8-4-1-5(12)7(10)3(2-11)6(4)9/h1H,12H2. The summed E-state index contributed by atoms with van der Waals surface area (Å²) in [4.78, 5) is 0. The second-order valence-electron chi connectivity index (χ2n) is 2.06. The molecule has 62 valence electrons. The maximum atomic E-state index is 12.7. The summed E-state index contributed by atoms with van der Waals surface area (Å²) in [7, 11) is 0. The molecule has 0 aliphatic heterocycles. The minimum atomic E-state index is -1.51. The molecule has 0 bridgehead atoms. The van der Waals surface area contributed by atoms with Crippen LogP contribution in [0.5, 0.6) is 0 Å². The van der Waals surface area contributed by atoms with Crippen molar-refractivity contribution in [3.8, 4) is 6.07 Å². The number of nitrogens with two attached hydrogens (primary N) is 1. The van der Waals surface area contributed by atoms with E-state index in [1.54, 1.807) is 0 Å². The zero-order chi connectivity index (χ0) is 9.30. The Morgan fingerprint density at radius 1 is 1.25 bits per heavy atom. The maximum absolute atomic E-state index is 12.7. The largest absolute Gasteiger partial charge is 0.396 e. The van der Waals surface area contributed by atoms with Crippen LogP contribution in [0.15, 0.2) is 6.07 Å². The van der Waals surface area contributed by atoms with Gasteiger partial charge >= 0.3 is 0 Å². The van der Waals surface area contributed by atoms with Crippen LogP contribution in [0.25, 0.3) is 0 Å². The number of nitrogens with zero attached hydrogens (tertiary/aromatic N) is 1. The van der Waals surface area contributed by atoms with Gasteiger partial charge in [0.2, 0.25) is 0 Å². The fraction of sp³-hybridized carbons (Fsp3) is 0. The Hall–Kier alpha value is -1.70. The number of rotatable bonds is 0. The first-order valence-corrected chi connectivity index (χ1v) is 2.91. The Balaban J connectivity index is 3.56. The van der Waals surface area contributed by atoms with E-state index in [2.05, 4.69) is 0 Å². The summed E-state index contributed by atoms with van der Waals surface area (Å²) in [5.74, 6) is -4.06. The average molecular weight is 172 g/mol. The molecule has 1 rings (SSSR count). The molecule has 1 aromatic rings. The zero-order valence-corrected chi connectivity index (χ0v) is 5.74. The van der Waals surface area contributed by atoms with Gasteiger partial charge in [-0.05, 0) is 0 Å². The van der Waals surface area contributed by atoms with Gasteiger partial charge in [-0.15, -0.1) is 0 Å². The molecule has 0 amide bonds. The first-order valence-electron chi connectivity index (χ1n) is 2.91. The van der Waals surface area contributed by atoms with Gasteiger partial charge in [-0.25, -0.2) is 13.2 Å². The number of hydrogen-bond donors (Lipinski definition) is 1. The van der Waals surface area contributed by atoms with E-state index in [0.29, 0.717) is 6.07 Å². The predicted molar refractivity (Wildman–Crippen MR) is 35.4 cm³/mol. The molecule has 0 aromatic heterocycles. The predicted octanol–water partition coefficient (Wildman–Crippen LogP) is 1.56. The van der Waals surface area contributed by atoms with E-state index < -0.39 is 28.7 Å². The first-order chi connectivity index (χ1) is 5.57. The summed E-state index contributed by atoms with van der Waals surface area (Å²) in [6.45, 7) is 0. The van der Waals surface area contributed by atoms with Gasteiger partial charge in [-0.3, -0.25) is 0 Å². The molecule has 1 aromatic carbocycles. The second-order valence-corrected chi connectivity index (χ2v) is 2.06. The van der Waals surface area contributed by atoms with Gasteiger partial charge in [0.05, 0.1) is 5.69 Å². The highest BCUT2D eigenvalue weighted by atomic mass is 19.2. The Kier molecular flexibility index (Phi) is 1.92. The van der Waals surface area contributed by atoms with Crippen LogP contribution in [-0.2, 0) is 0 Å². The summed E-state index contributed by atoms with van der Waals surface area (Å²) in [6, 6.07) is 1.67. The highest BCUT2D eigenvalue weighted by Gasteiger charge is 2.16. The monoisotopic (exact) mass is 172 g/mol. The third-order valence-corrected chi connectivity index (χ3v) is 1.30. The van der Waals surface area contributed by atoms with Gasteiger partial charge in [0.15, 0.2) is 17.5 Å². The topological polar surface area (TPSA) is 49.8 Å². The van der Waals surface area contributed by atoms with Crippen LogP contribution in [0.4, 0.5) is 18.9 Å². The average Bonchev–Trinajstić information content (AvgIpc) is 2.02. The minimum absolute atomic E-state index is 0.492. The lowest BCUT2D eigenvalue weighted by Gasteiger charge is -2.00. The van der Waals surface area contributed by atoms with Crippen molar-refractivity contribution in [2.45, 2.75) is 0 Å². The number of nitrogen functional groups attached to an aromatic ring is 1. The number of anilines is 1. The fourth-order valence-corrected chi connectivity index (χ4v) is 0.722. The molecule has 0 aliphatic rings. The quantitative estimate of drug-likeness (QED) is 0.476. The van der Waals surface area contributed by atoms with Crippen molar-refractivity contribution in [1.29, 1.82) is 5.26 Å². The van der Waals surface area contributed by atoms with E-state index in [4.69, 9.17) is 11.0 Å². The van der Waals surface area contributed by atoms with Crippen molar-refractivity contribution in [3.63, 3.8) is 0 Å². The molecule has 0 radical (unpaired) electrons. The molecular weight excluding hydrogens is 169 g/mol. The van der Waals surface area contributed by atoms with Gasteiger partial charge in [0.1, 0.15) is 11.6 Å². The van der Waals surface area contributed by atoms with E-state index >= 15 is 0 Å². The van der Waals surface area contributed by atoms with Crippen LogP contribution in [0.1, 0.15) is 5.56 Å². The minimum Gasteiger partial charge on any atom is -0.396 e. The normalized spacial score (nSPS) is 9.50. The number of halogens is 3. The second kappa shape index (κ2) is 2.74. The molecule has 5 heteroatoms. The van der Waals surface area contributed by atoms with E-state index in [1.165, 1.54) is 6.07 Å². The van der Waals surface area contributed by atoms with Gasteiger partial charge in [-0.2, -0.15) is 5.26 Å². The Morgan fingerprint density at radius 2 is 1.83 bits per heavy atom. The summed E-state index contributed by atoms with van der Waals surface area (Å²) >= 11 is 0. The third-order valence-electron chi connectivity index (χ3n) is 1.30. The van der Waals surface area contributed by atoms with Gasteiger partial charge < -0.3 is 5.73 Å². The first kappa shape index (κ1) is 8.40. The number of hydrogen-bond acceptors (Lipinski definition) is 2. The van der Waals surface area contributed by atoms with E-state index in [-0.39, 0.29) is 0 Å². The van der Waals surface area contributed by atoms with Gasteiger partial charge in [0, 0.05) is 6.07 Å². The molecular formula is C7H3F3N2. The van der Waals surface area contributed by atoms with Crippen molar-refractivity contribution in [2.24, 2.45) is 0 Å². The van der Waals surface area contributed by atoms with E-state index in [9.17, 15) is 13.2 Å². The van der Waals surface area contributed by atoms with Crippen LogP contribution in [0.3, 0.4) is 0 Å². The molecule has 0 fully saturated rings. The van der Waals surface area contributed by atoms with Crippen LogP contribution < -0.4 is 5.73 Å². The van der Waals surface area contributed by atoms with E-state index in [1.807, 2.05) is 0 Å². The SMILES string of the molecule is N#Cc1c(F)c(N)cc(F)c1F. The zero-order valence-electron chi connectivity index (χ0n) is 5.74. The van der Waals surface area contributed by atoms with Crippen molar-refractivity contribution < 1.29 is 13.2 Å². The summed E-state index contributed by atoms with van der Waals surface area (Å²) in [6.07, 6.45) is 0. The van der Waals surface area contributed by atoms with Gasteiger partial charge in [-0.1, -0.05) is 0 Å². The Labute approximate surface area is 66.0 Å². The van der Waals surface area contributed by atoms with Crippen molar-refractivity contribution in [2.75, 3.05) is 5.73 Å². The number of nitriles is 1. The Bertz CT molecular complexity index is 342. The summed E-state index contributed by atoms with van der Waals surface area (Å²) < 4.78 is 37.7. The van der Waals surface area contributed by atoms with Crippen molar-refractivity contribution in [3.05, 3.63) is 29.1 Å². The van der Waals surface area contributed by atoms with Crippen LogP contribution in [0.2, 0.25) is 0 Å². The van der Waals surface area contributed by atoms with Crippen molar-refractivity contribution in [1.82, 2.24) is 0 Å². The van der Waals surface area contributed by atoms with Gasteiger partial charge in [0.25, 0.3) is 0 Å². The Morgan fingerprint density at radius 3 is 2.33 bits per heavy atom. The fourth-order valence-electron chi connectivity index (χ4n) is 0.722. The summed E-state index contributed by atoms with van der Waals surface area (Å²) in [5.41, 5.74) is 3.36. The van der Waals surface area contributed by atoms with Crippen LogP contribution in [-0.4, -0.2) is 0 Å². The lowest BCUT2D eigenvalue weighted by Crippen LogP contribution is -2.00. The smallest absolute Gasteiger partial charge is 0.179 e. The number of benzene rings is 1. The molecule has 0 unspecified atom stereocenters. The van der Waals surface area contributed by atoms with E-state index in [0.717, 1.165) is 0 Å². The molecule has 0 aliphatic carbocycles. The molecule has 2 N–H and O–H groups in total. The highest BCUT2D eigenvalue weighted by Crippen LogP contribution is 2.20. The molecule has 2 nitrogen and oxygen atoms in total. The summed E-state index contributed by atoms with van der Waals surface area (Å²) in [5, 5.41) is 8.20. The highest BCUT2D eigenvalue weighted by molar-refractivity contribution is 5.48. The molecule has 0 saturated carbocycles. The molecule has 12 heavy (non-hydrogen) atoms. The maximum Gasteiger partial charge on any atom is 0.179 e. The van der Waals surface area contributed by atoms with Crippen LogP contribution >= 0.6 is 0 Å². The third kappa shape index (κ3) is 1.07. The molecule has 0 heterocycles.